The molecule has 0 N–H and O–H groups in total. The van der Waals surface area contributed by atoms with Crippen molar-refractivity contribution in [2.45, 2.75) is 32.9 Å². The number of fused-ring (bicyclic) bond motifs is 1. The molecular formula is C20H24N2O3S. The molecule has 3 rings (SSSR count). The van der Waals surface area contributed by atoms with Crippen LogP contribution in [-0.2, 0) is 23.0 Å². The van der Waals surface area contributed by atoms with Crippen LogP contribution in [0.5, 0.6) is 0 Å². The van der Waals surface area contributed by atoms with Crippen molar-refractivity contribution < 1.29 is 13.2 Å². The van der Waals surface area contributed by atoms with Crippen LogP contribution in [0, 0.1) is 6.92 Å². The van der Waals surface area contributed by atoms with E-state index in [0.29, 0.717) is 24.2 Å². The van der Waals surface area contributed by atoms with Gasteiger partial charge in [-0.1, -0.05) is 24.3 Å². The van der Waals surface area contributed by atoms with E-state index in [9.17, 15) is 13.2 Å². The highest BCUT2D eigenvalue weighted by Gasteiger charge is 2.33. The maximum Gasteiger partial charge on any atom is 0.253 e. The molecule has 1 heterocycles. The minimum absolute atomic E-state index is 0.0680. The molecule has 2 aromatic rings. The number of amides is 1. The number of hydrogen-bond donors (Lipinski definition) is 0. The summed E-state index contributed by atoms with van der Waals surface area (Å²) in [6.45, 7) is 4.45. The maximum absolute atomic E-state index is 12.8. The average molecular weight is 372 g/mol. The summed E-state index contributed by atoms with van der Waals surface area (Å²) < 4.78 is 25.5. The Kier molecular flexibility index (Phi) is 4.80. The van der Waals surface area contributed by atoms with Crippen LogP contribution in [0.3, 0.4) is 0 Å². The number of hydrogen-bond acceptors (Lipinski definition) is 3. The zero-order valence-corrected chi connectivity index (χ0v) is 16.4. The molecule has 0 saturated heterocycles. The summed E-state index contributed by atoms with van der Waals surface area (Å²) in [7, 11) is -1.54. The zero-order valence-electron chi connectivity index (χ0n) is 15.6. The number of benzene rings is 2. The van der Waals surface area contributed by atoms with E-state index in [4.69, 9.17) is 0 Å². The van der Waals surface area contributed by atoms with Gasteiger partial charge in [0.25, 0.3) is 5.91 Å². The minimum Gasteiger partial charge on any atom is -0.337 e. The molecule has 0 radical (unpaired) electrons. The van der Waals surface area contributed by atoms with E-state index in [1.807, 2.05) is 44.2 Å². The second-order valence-electron chi connectivity index (χ2n) is 7.04. The molecule has 2 aromatic carbocycles. The van der Waals surface area contributed by atoms with Gasteiger partial charge in [0, 0.05) is 25.2 Å². The summed E-state index contributed by atoms with van der Waals surface area (Å²) in [6, 6.07) is 13.2. The van der Waals surface area contributed by atoms with Crippen LogP contribution in [0.2, 0.25) is 0 Å². The molecule has 0 aliphatic carbocycles. The Labute approximate surface area is 155 Å². The first-order valence-electron chi connectivity index (χ1n) is 8.61. The van der Waals surface area contributed by atoms with Gasteiger partial charge in [-0.3, -0.25) is 9.10 Å². The Bertz CT molecular complexity index is 953. The highest BCUT2D eigenvalue weighted by Crippen LogP contribution is 2.34. The second-order valence-corrected chi connectivity index (χ2v) is 8.90. The van der Waals surface area contributed by atoms with E-state index in [1.165, 1.54) is 10.6 Å². The van der Waals surface area contributed by atoms with Gasteiger partial charge < -0.3 is 4.90 Å². The number of nitrogens with zero attached hydrogens (tertiary/aromatic N) is 2. The maximum atomic E-state index is 12.8. The Morgan fingerprint density at radius 2 is 1.92 bits per heavy atom. The van der Waals surface area contributed by atoms with Crippen LogP contribution in [0.1, 0.15) is 34.0 Å². The van der Waals surface area contributed by atoms with Gasteiger partial charge in [0.1, 0.15) is 0 Å². The quantitative estimate of drug-likeness (QED) is 0.829. The molecule has 1 atom stereocenters. The van der Waals surface area contributed by atoms with Crippen LogP contribution in [0.25, 0.3) is 0 Å². The van der Waals surface area contributed by atoms with Gasteiger partial charge in [-0.25, -0.2) is 8.42 Å². The lowest BCUT2D eigenvalue weighted by Crippen LogP contribution is -2.34. The van der Waals surface area contributed by atoms with Gasteiger partial charge in [-0.05, 0) is 55.2 Å². The summed E-state index contributed by atoms with van der Waals surface area (Å²) in [5, 5.41) is 0. The van der Waals surface area contributed by atoms with Gasteiger partial charge in [0.05, 0.1) is 11.9 Å². The molecule has 5 nitrogen and oxygen atoms in total. The van der Waals surface area contributed by atoms with E-state index in [0.717, 1.165) is 16.7 Å². The Balaban J connectivity index is 1.84. The number of carbonyl (C=O) groups is 1. The van der Waals surface area contributed by atoms with E-state index >= 15 is 0 Å². The molecule has 0 fully saturated rings. The number of aryl methyl sites for hydroxylation is 1. The number of anilines is 1. The summed E-state index contributed by atoms with van der Waals surface area (Å²) in [4.78, 5) is 14.5. The van der Waals surface area contributed by atoms with Crippen molar-refractivity contribution in [2.75, 3.05) is 17.6 Å². The number of carbonyl (C=O) groups excluding carboxylic acids is 1. The average Bonchev–Trinajstić information content (AvgIpc) is 2.91. The zero-order chi connectivity index (χ0) is 19.1. The van der Waals surface area contributed by atoms with Crippen LogP contribution in [0.15, 0.2) is 42.5 Å². The van der Waals surface area contributed by atoms with E-state index < -0.39 is 10.0 Å². The lowest BCUT2D eigenvalue weighted by molar-refractivity contribution is 0.0785. The molecule has 0 aromatic heterocycles. The largest absolute Gasteiger partial charge is 0.337 e. The lowest BCUT2D eigenvalue weighted by Gasteiger charge is -2.22. The van der Waals surface area contributed by atoms with Crippen molar-refractivity contribution >= 4 is 21.6 Å². The first-order chi connectivity index (χ1) is 12.2. The fourth-order valence-electron chi connectivity index (χ4n) is 3.58. The summed E-state index contributed by atoms with van der Waals surface area (Å²) in [5.74, 6) is -0.0680. The van der Waals surface area contributed by atoms with Gasteiger partial charge in [-0.2, -0.15) is 0 Å². The van der Waals surface area contributed by atoms with Crippen LogP contribution in [0.4, 0.5) is 5.69 Å². The fourth-order valence-corrected chi connectivity index (χ4v) is 4.84. The molecular weight excluding hydrogens is 348 g/mol. The van der Waals surface area contributed by atoms with Gasteiger partial charge >= 0.3 is 0 Å². The predicted octanol–water partition coefficient (Wildman–Crippen LogP) is 2.98. The third kappa shape index (κ3) is 3.46. The summed E-state index contributed by atoms with van der Waals surface area (Å²) in [6.07, 6.45) is 1.83. The molecule has 26 heavy (non-hydrogen) atoms. The van der Waals surface area contributed by atoms with Gasteiger partial charge in [-0.15, -0.1) is 0 Å². The Morgan fingerprint density at radius 1 is 1.23 bits per heavy atom. The third-order valence-corrected chi connectivity index (χ3v) is 6.12. The Morgan fingerprint density at radius 3 is 2.58 bits per heavy atom. The molecule has 0 bridgehead atoms. The molecule has 1 aliphatic rings. The minimum atomic E-state index is -3.32. The second kappa shape index (κ2) is 6.76. The first-order valence-corrected chi connectivity index (χ1v) is 10.5. The first kappa shape index (κ1) is 18.5. The van der Waals surface area contributed by atoms with Gasteiger partial charge in [0.2, 0.25) is 10.0 Å². The van der Waals surface area contributed by atoms with Crippen LogP contribution < -0.4 is 4.31 Å². The number of rotatable bonds is 4. The molecule has 0 saturated carbocycles. The van der Waals surface area contributed by atoms with Crippen LogP contribution >= 0.6 is 0 Å². The SMILES string of the molecule is Cc1ccccc1CN(C)C(=O)c1ccc2c(c1)CC(C)N2S(C)(=O)=O. The van der Waals surface area contributed by atoms with Gasteiger partial charge in [0.15, 0.2) is 0 Å². The molecule has 0 spiro atoms. The standard InChI is InChI=1S/C20H24N2O3S/c1-14-7-5-6-8-17(14)13-21(3)20(23)16-9-10-19-18(12-16)11-15(2)22(19)26(4,24)25/h5-10,12,15H,11,13H2,1-4H3. The van der Waals surface area contributed by atoms with Crippen molar-refractivity contribution in [1.82, 2.24) is 4.90 Å². The topological polar surface area (TPSA) is 57.7 Å². The van der Waals surface area contributed by atoms with Crippen LogP contribution in [-0.4, -0.2) is 38.6 Å². The van der Waals surface area contributed by atoms with E-state index in [-0.39, 0.29) is 11.9 Å². The molecule has 6 heteroatoms. The normalized spacial score (nSPS) is 16.5. The molecule has 1 amide bonds. The highest BCUT2D eigenvalue weighted by atomic mass is 32.2. The van der Waals surface area contributed by atoms with E-state index in [1.54, 1.807) is 24.1 Å². The number of sulfonamides is 1. The molecule has 1 unspecified atom stereocenters. The highest BCUT2D eigenvalue weighted by molar-refractivity contribution is 7.92. The summed E-state index contributed by atoms with van der Waals surface area (Å²) >= 11 is 0. The van der Waals surface area contributed by atoms with Crippen molar-refractivity contribution in [3.05, 3.63) is 64.7 Å². The third-order valence-electron chi connectivity index (χ3n) is 4.85. The van der Waals surface area contributed by atoms with E-state index in [2.05, 4.69) is 0 Å². The Hall–Kier alpha value is -2.34. The van der Waals surface area contributed by atoms with Crippen molar-refractivity contribution in [3.8, 4) is 0 Å². The predicted molar refractivity (Wildman–Crippen MR) is 104 cm³/mol. The molecule has 1 aliphatic heterocycles. The van der Waals surface area contributed by atoms with Crippen molar-refractivity contribution in [1.29, 1.82) is 0 Å². The smallest absolute Gasteiger partial charge is 0.253 e. The summed E-state index contributed by atoms with van der Waals surface area (Å²) in [5.41, 5.74) is 4.43. The monoisotopic (exact) mass is 372 g/mol. The van der Waals surface area contributed by atoms with Crippen molar-refractivity contribution in [3.63, 3.8) is 0 Å². The van der Waals surface area contributed by atoms with Crippen molar-refractivity contribution in [2.24, 2.45) is 0 Å². The molecule has 138 valence electrons. The fraction of sp³-hybridized carbons (Fsp3) is 0.350. The lowest BCUT2D eigenvalue weighted by atomic mass is 10.1.